The molecular formula is C27H42ClN7O2. The monoisotopic (exact) mass is 531 g/mol. The summed E-state index contributed by atoms with van der Waals surface area (Å²) in [5, 5.41) is 10.8. The lowest BCUT2D eigenvalue weighted by molar-refractivity contribution is 0.0824. The van der Waals surface area contributed by atoms with Gasteiger partial charge in [-0.25, -0.2) is 4.98 Å². The second-order valence-electron chi connectivity index (χ2n) is 10.8. The zero-order chi connectivity index (χ0) is 26.8. The largest absolute Gasteiger partial charge is 0.381 e. The number of carbonyl (C=O) groups excluding carboxylic acids is 1. The molecule has 1 saturated heterocycles. The van der Waals surface area contributed by atoms with Crippen LogP contribution in [-0.2, 0) is 4.74 Å². The van der Waals surface area contributed by atoms with Crippen LogP contribution in [0.3, 0.4) is 0 Å². The van der Waals surface area contributed by atoms with Crippen molar-refractivity contribution in [2.75, 3.05) is 33.4 Å². The number of halogens is 1. The number of hydrogen-bond donors (Lipinski definition) is 3. The number of hydrogen-bond acceptors (Lipinski definition) is 5. The topological polar surface area (TPSA) is 105 Å². The molecule has 3 rings (SSSR count). The lowest BCUT2D eigenvalue weighted by atomic mass is 9.91. The highest BCUT2D eigenvalue weighted by molar-refractivity contribution is 6.31. The van der Waals surface area contributed by atoms with Gasteiger partial charge in [-0.2, -0.15) is 4.99 Å². The van der Waals surface area contributed by atoms with E-state index in [4.69, 9.17) is 21.3 Å². The van der Waals surface area contributed by atoms with Gasteiger partial charge in [-0.05, 0) is 30.8 Å². The zero-order valence-corrected chi connectivity index (χ0v) is 23.5. The number of ether oxygens (including phenoxy) is 1. The van der Waals surface area contributed by atoms with Crippen molar-refractivity contribution in [3.05, 3.63) is 41.5 Å². The molecule has 0 spiro atoms. The second kappa shape index (κ2) is 13.9. The first-order valence-corrected chi connectivity index (χ1v) is 13.5. The van der Waals surface area contributed by atoms with Crippen molar-refractivity contribution in [2.45, 2.75) is 65.5 Å². The number of carbonyl (C=O) groups is 1. The summed E-state index contributed by atoms with van der Waals surface area (Å²) in [5.41, 5.74) is 0.486. The summed E-state index contributed by atoms with van der Waals surface area (Å²) in [7, 11) is 1.72. The van der Waals surface area contributed by atoms with E-state index in [1.54, 1.807) is 24.1 Å². The highest BCUT2D eigenvalue weighted by atomic mass is 35.5. The molecule has 37 heavy (non-hydrogen) atoms. The van der Waals surface area contributed by atoms with Gasteiger partial charge in [-0.3, -0.25) is 14.4 Å². The van der Waals surface area contributed by atoms with Gasteiger partial charge in [0.25, 0.3) is 5.91 Å². The molecule has 1 aliphatic heterocycles. The quantitative estimate of drug-likeness (QED) is 0.350. The van der Waals surface area contributed by atoms with Crippen LogP contribution in [0.1, 0.15) is 63.9 Å². The van der Waals surface area contributed by atoms with Crippen LogP contribution in [0.15, 0.2) is 45.8 Å². The molecular weight excluding hydrogens is 490 g/mol. The van der Waals surface area contributed by atoms with Gasteiger partial charge in [0, 0.05) is 69.0 Å². The molecule has 0 saturated carbocycles. The van der Waals surface area contributed by atoms with E-state index in [2.05, 4.69) is 52.8 Å². The summed E-state index contributed by atoms with van der Waals surface area (Å²) in [6, 6.07) is 0.167. The molecule has 1 aromatic heterocycles. The van der Waals surface area contributed by atoms with Crippen molar-refractivity contribution in [3.8, 4) is 0 Å². The molecule has 3 N–H and O–H groups in total. The number of allylic oxidation sites excluding steroid dienone is 3. The lowest BCUT2D eigenvalue weighted by Gasteiger charge is -2.28. The summed E-state index contributed by atoms with van der Waals surface area (Å²) in [4.78, 5) is 26.7. The molecule has 1 aromatic rings. The summed E-state index contributed by atoms with van der Waals surface area (Å²) in [6.07, 6.45) is 12.6. The summed E-state index contributed by atoms with van der Waals surface area (Å²) in [6.45, 7) is 11.5. The minimum atomic E-state index is -0.222. The minimum absolute atomic E-state index is 0.100. The Morgan fingerprint density at radius 1 is 1.32 bits per heavy atom. The van der Waals surface area contributed by atoms with Gasteiger partial charge in [0.2, 0.25) is 5.96 Å². The molecule has 9 nitrogen and oxygen atoms in total. The van der Waals surface area contributed by atoms with Gasteiger partial charge < -0.3 is 20.7 Å². The maximum atomic E-state index is 13.2. The Kier molecular flexibility index (Phi) is 10.9. The van der Waals surface area contributed by atoms with Crippen molar-refractivity contribution in [1.29, 1.82) is 0 Å². The van der Waals surface area contributed by atoms with E-state index < -0.39 is 0 Å². The third-order valence-corrected chi connectivity index (χ3v) is 6.59. The highest BCUT2D eigenvalue weighted by Gasteiger charge is 2.25. The second-order valence-corrected chi connectivity index (χ2v) is 11.2. The Labute approximate surface area is 225 Å². The average Bonchev–Trinajstić information content (AvgIpc) is 3.36. The molecule has 1 amide bonds. The summed E-state index contributed by atoms with van der Waals surface area (Å²) in [5.74, 6) is 1.20. The molecule has 0 bridgehead atoms. The number of amides is 1. The average molecular weight is 532 g/mol. The molecule has 10 heteroatoms. The molecule has 204 valence electrons. The fourth-order valence-corrected chi connectivity index (χ4v) is 4.55. The maximum absolute atomic E-state index is 13.2. The number of guanidine groups is 1. The highest BCUT2D eigenvalue weighted by Crippen LogP contribution is 2.22. The first-order chi connectivity index (χ1) is 17.7. The van der Waals surface area contributed by atoms with Crippen LogP contribution in [0.2, 0.25) is 0 Å². The Balaban J connectivity index is 1.69. The van der Waals surface area contributed by atoms with Crippen LogP contribution in [-0.4, -0.2) is 72.7 Å². The normalized spacial score (nSPS) is 20.5. The first-order valence-electron chi connectivity index (χ1n) is 13.2. The van der Waals surface area contributed by atoms with Gasteiger partial charge in [0.1, 0.15) is 17.9 Å². The minimum Gasteiger partial charge on any atom is -0.381 e. The van der Waals surface area contributed by atoms with Crippen molar-refractivity contribution in [1.82, 2.24) is 25.5 Å². The van der Waals surface area contributed by atoms with Gasteiger partial charge in [-0.1, -0.05) is 51.4 Å². The van der Waals surface area contributed by atoms with Crippen LogP contribution in [0.25, 0.3) is 0 Å². The van der Waals surface area contributed by atoms with E-state index in [1.165, 1.54) is 0 Å². The lowest BCUT2D eigenvalue weighted by Crippen LogP contribution is -2.47. The third-order valence-electron chi connectivity index (χ3n) is 6.34. The predicted octanol–water partition coefficient (Wildman–Crippen LogP) is 3.73. The van der Waals surface area contributed by atoms with E-state index in [0.29, 0.717) is 35.7 Å². The van der Waals surface area contributed by atoms with Gasteiger partial charge >= 0.3 is 0 Å². The van der Waals surface area contributed by atoms with Gasteiger partial charge in [0.05, 0.1) is 0 Å². The Bertz CT molecular complexity index is 1020. The van der Waals surface area contributed by atoms with Crippen LogP contribution >= 0.6 is 11.6 Å². The van der Waals surface area contributed by atoms with E-state index in [9.17, 15) is 4.79 Å². The fraction of sp³-hybridized carbons (Fsp3) is 0.630. The van der Waals surface area contributed by atoms with Crippen molar-refractivity contribution < 1.29 is 9.53 Å². The van der Waals surface area contributed by atoms with E-state index in [0.717, 1.165) is 44.9 Å². The van der Waals surface area contributed by atoms with Crippen LogP contribution in [0.5, 0.6) is 0 Å². The smallest absolute Gasteiger partial charge is 0.271 e. The Morgan fingerprint density at radius 3 is 2.73 bits per heavy atom. The van der Waals surface area contributed by atoms with Crippen molar-refractivity contribution >= 4 is 29.3 Å². The summed E-state index contributed by atoms with van der Waals surface area (Å²) >= 11 is 6.28. The SMILES string of the molecule is CCC(=NC(=NC)NC1CCOCC1)n1cnc(C(=O)N[C@H](CNCC(C)(C)C)C2C=C(Cl)C=CC2)c1. The molecule has 2 heterocycles. The first kappa shape index (κ1) is 29.1. The molecule has 2 atom stereocenters. The van der Waals surface area contributed by atoms with Crippen LogP contribution < -0.4 is 16.0 Å². The molecule has 1 fully saturated rings. The Hall–Kier alpha value is -2.49. The molecule has 2 aliphatic rings. The molecule has 1 aliphatic carbocycles. The molecule has 1 unspecified atom stereocenters. The van der Waals surface area contributed by atoms with Crippen LogP contribution in [0.4, 0.5) is 0 Å². The number of rotatable bonds is 8. The van der Waals surface area contributed by atoms with Crippen molar-refractivity contribution in [3.63, 3.8) is 0 Å². The zero-order valence-electron chi connectivity index (χ0n) is 22.8. The van der Waals surface area contributed by atoms with Crippen LogP contribution in [0, 0.1) is 11.3 Å². The number of aliphatic imine (C=N–C) groups is 2. The van der Waals surface area contributed by atoms with Gasteiger partial charge in [0.15, 0.2) is 0 Å². The maximum Gasteiger partial charge on any atom is 0.271 e. The molecule has 0 radical (unpaired) electrons. The fourth-order valence-electron chi connectivity index (χ4n) is 4.29. The third kappa shape index (κ3) is 9.39. The number of imidazole rings is 1. The number of nitrogens with one attached hydrogen (secondary N) is 3. The summed E-state index contributed by atoms with van der Waals surface area (Å²) < 4.78 is 7.23. The van der Waals surface area contributed by atoms with Gasteiger partial charge in [-0.15, -0.1) is 0 Å². The van der Waals surface area contributed by atoms with E-state index in [-0.39, 0.29) is 23.3 Å². The standard InChI is InChI=1S/C27H42ClN7O2/c1-6-24(34-26(29-5)32-21-10-12-37-13-11-21)35-16-23(31-18-35)25(36)33-22(15-30-17-27(2,3)4)19-8-7-9-20(28)14-19/h7,9,14,16,18-19,21-22,30H,6,8,10-13,15,17H2,1-5H3,(H,29,32)(H,33,36)/t19?,22-/m1/s1. The number of nitrogens with zero attached hydrogens (tertiary/aromatic N) is 4. The molecule has 0 aromatic carbocycles. The Morgan fingerprint density at radius 2 is 2.08 bits per heavy atom. The predicted molar refractivity (Wildman–Crippen MR) is 150 cm³/mol. The van der Waals surface area contributed by atoms with E-state index in [1.807, 2.05) is 19.1 Å². The van der Waals surface area contributed by atoms with Crippen molar-refractivity contribution in [2.24, 2.45) is 21.3 Å². The number of aromatic nitrogens is 2. The van der Waals surface area contributed by atoms with E-state index >= 15 is 0 Å².